The number of hydrogen-bond acceptors (Lipinski definition) is 5. The van der Waals surface area contributed by atoms with Gasteiger partial charge in [-0.25, -0.2) is 0 Å². The number of aliphatic hydroxyl groups excluding tert-OH is 2. The molecule has 3 unspecified atom stereocenters. The molecule has 0 aromatic carbocycles. The molecular weight excluding hydrogens is 779 g/mol. The molecule has 3 N–H and O–H groups in total. The van der Waals surface area contributed by atoms with Gasteiger partial charge in [0.15, 0.2) is 0 Å². The molecule has 0 aromatic heterocycles. The molecule has 0 radical (unpaired) electrons. The van der Waals surface area contributed by atoms with E-state index in [4.69, 9.17) is 4.74 Å². The van der Waals surface area contributed by atoms with Crippen LogP contribution in [-0.2, 0) is 14.3 Å². The maximum absolute atomic E-state index is 13.2. The summed E-state index contributed by atoms with van der Waals surface area (Å²) in [5.74, 6) is -0.745. The Morgan fingerprint density at radius 3 is 1.25 bits per heavy atom. The number of esters is 1. The van der Waals surface area contributed by atoms with Crippen LogP contribution < -0.4 is 5.32 Å². The van der Waals surface area contributed by atoms with Crippen molar-refractivity contribution < 1.29 is 24.5 Å². The maximum atomic E-state index is 13.2. The molecular formula is C57H91NO5. The number of allylic oxidation sites excluding steroid dienone is 21. The highest BCUT2D eigenvalue weighted by atomic mass is 16.5. The van der Waals surface area contributed by atoms with Crippen LogP contribution in [-0.4, -0.2) is 46.9 Å². The average molecular weight is 870 g/mol. The zero-order chi connectivity index (χ0) is 45.9. The first-order valence-corrected chi connectivity index (χ1v) is 24.9. The van der Waals surface area contributed by atoms with Gasteiger partial charge < -0.3 is 20.3 Å². The molecule has 0 rings (SSSR count). The monoisotopic (exact) mass is 870 g/mol. The fourth-order valence-corrected chi connectivity index (χ4v) is 6.53. The largest absolute Gasteiger partial charge is 0.458 e. The Morgan fingerprint density at radius 2 is 0.857 bits per heavy atom. The minimum Gasteiger partial charge on any atom is -0.458 e. The van der Waals surface area contributed by atoms with Crippen molar-refractivity contribution >= 4 is 11.9 Å². The third-order valence-corrected chi connectivity index (χ3v) is 10.2. The number of carbonyl (C=O) groups is 2. The number of aliphatic hydroxyl groups is 2. The van der Waals surface area contributed by atoms with E-state index < -0.39 is 18.2 Å². The van der Waals surface area contributed by atoms with Gasteiger partial charge in [0.05, 0.1) is 25.2 Å². The predicted molar refractivity (Wildman–Crippen MR) is 273 cm³/mol. The van der Waals surface area contributed by atoms with Crippen LogP contribution in [0, 0.1) is 0 Å². The SMILES string of the molecule is CC/C=C\C/C=C\C/C=C\C/C=C\C/C=C\C/C=C\C(CC(=O)NC(CO)C(O)CCCCCCCCCCCCC)OC(=O)CC/C=C/C/C=C/C/C=C/C/C=C/C/C=C/CC. The first kappa shape index (κ1) is 59.0. The lowest BCUT2D eigenvalue weighted by atomic mass is 10.0. The number of rotatable bonds is 42. The van der Waals surface area contributed by atoms with Crippen molar-refractivity contribution in [1.29, 1.82) is 0 Å². The highest BCUT2D eigenvalue weighted by molar-refractivity contribution is 5.78. The van der Waals surface area contributed by atoms with Crippen molar-refractivity contribution in [3.05, 3.63) is 134 Å². The summed E-state index contributed by atoms with van der Waals surface area (Å²) in [4.78, 5) is 26.0. The van der Waals surface area contributed by atoms with Crippen LogP contribution in [0.5, 0.6) is 0 Å². The number of carbonyl (C=O) groups excluding carboxylic acids is 2. The van der Waals surface area contributed by atoms with E-state index in [9.17, 15) is 19.8 Å². The average Bonchev–Trinajstić information content (AvgIpc) is 3.28. The molecule has 6 heteroatoms. The summed E-state index contributed by atoms with van der Waals surface area (Å²) < 4.78 is 5.77. The van der Waals surface area contributed by atoms with Gasteiger partial charge in [-0.3, -0.25) is 9.59 Å². The predicted octanol–water partition coefficient (Wildman–Crippen LogP) is 15.1. The van der Waals surface area contributed by atoms with Crippen molar-refractivity contribution in [3.63, 3.8) is 0 Å². The molecule has 354 valence electrons. The molecule has 0 aromatic rings. The van der Waals surface area contributed by atoms with Crippen LogP contribution in [0.2, 0.25) is 0 Å². The topological polar surface area (TPSA) is 95.9 Å². The van der Waals surface area contributed by atoms with E-state index in [1.807, 2.05) is 18.2 Å². The Kier molecular flexibility index (Phi) is 45.9. The van der Waals surface area contributed by atoms with Gasteiger partial charge >= 0.3 is 5.97 Å². The van der Waals surface area contributed by atoms with Crippen LogP contribution >= 0.6 is 0 Å². The number of ether oxygens (including phenoxy) is 1. The van der Waals surface area contributed by atoms with Crippen LogP contribution in [0.1, 0.15) is 188 Å². The minimum absolute atomic E-state index is 0.0861. The van der Waals surface area contributed by atoms with Gasteiger partial charge in [-0.2, -0.15) is 0 Å². The summed E-state index contributed by atoms with van der Waals surface area (Å²) >= 11 is 0. The number of nitrogens with one attached hydrogen (secondary N) is 1. The third kappa shape index (κ3) is 44.4. The number of amides is 1. The Labute approximate surface area is 386 Å². The van der Waals surface area contributed by atoms with Gasteiger partial charge in [0.1, 0.15) is 6.10 Å². The normalized spacial score (nSPS) is 14.4. The van der Waals surface area contributed by atoms with Crippen molar-refractivity contribution in [3.8, 4) is 0 Å². The van der Waals surface area contributed by atoms with Crippen LogP contribution in [0.4, 0.5) is 0 Å². The van der Waals surface area contributed by atoms with E-state index in [0.29, 0.717) is 19.3 Å². The Balaban J connectivity index is 4.94. The maximum Gasteiger partial charge on any atom is 0.306 e. The Morgan fingerprint density at radius 1 is 0.492 bits per heavy atom. The summed E-state index contributed by atoms with van der Waals surface area (Å²) in [5, 5.41) is 23.6. The van der Waals surface area contributed by atoms with Crippen molar-refractivity contribution in [2.75, 3.05) is 6.61 Å². The molecule has 0 saturated heterocycles. The molecule has 3 atom stereocenters. The van der Waals surface area contributed by atoms with E-state index in [1.54, 1.807) is 6.08 Å². The Bertz CT molecular complexity index is 1390. The molecule has 0 spiro atoms. The van der Waals surface area contributed by atoms with Gasteiger partial charge in [-0.1, -0.05) is 219 Å². The summed E-state index contributed by atoms with van der Waals surface area (Å²) in [5.41, 5.74) is 0. The highest BCUT2D eigenvalue weighted by Gasteiger charge is 2.23. The van der Waals surface area contributed by atoms with Crippen molar-refractivity contribution in [1.82, 2.24) is 5.32 Å². The second kappa shape index (κ2) is 49.0. The third-order valence-electron chi connectivity index (χ3n) is 10.2. The quantitative estimate of drug-likeness (QED) is 0.0323. The van der Waals surface area contributed by atoms with Gasteiger partial charge in [0.25, 0.3) is 0 Å². The van der Waals surface area contributed by atoms with E-state index in [0.717, 1.165) is 83.5 Å². The summed E-state index contributed by atoms with van der Waals surface area (Å²) in [6.45, 7) is 6.17. The first-order chi connectivity index (χ1) is 31.0. The highest BCUT2D eigenvalue weighted by Crippen LogP contribution is 2.14. The molecule has 0 heterocycles. The summed E-state index contributed by atoms with van der Waals surface area (Å²) in [6, 6.07) is -0.766. The summed E-state index contributed by atoms with van der Waals surface area (Å²) in [6.07, 6.45) is 69.8. The van der Waals surface area contributed by atoms with Gasteiger partial charge in [0, 0.05) is 6.42 Å². The van der Waals surface area contributed by atoms with Crippen molar-refractivity contribution in [2.45, 2.75) is 206 Å². The van der Waals surface area contributed by atoms with E-state index >= 15 is 0 Å². The van der Waals surface area contributed by atoms with E-state index in [1.165, 1.54) is 51.4 Å². The van der Waals surface area contributed by atoms with Crippen LogP contribution in [0.15, 0.2) is 134 Å². The van der Waals surface area contributed by atoms with Crippen LogP contribution in [0.25, 0.3) is 0 Å². The lowest BCUT2D eigenvalue weighted by Crippen LogP contribution is -2.46. The smallest absolute Gasteiger partial charge is 0.306 e. The first-order valence-electron chi connectivity index (χ1n) is 24.9. The second-order valence-electron chi connectivity index (χ2n) is 16.1. The lowest BCUT2D eigenvalue weighted by molar-refractivity contribution is -0.148. The second-order valence-corrected chi connectivity index (χ2v) is 16.1. The zero-order valence-corrected chi connectivity index (χ0v) is 40.1. The molecule has 0 aliphatic rings. The molecule has 0 fully saturated rings. The fourth-order valence-electron chi connectivity index (χ4n) is 6.53. The molecule has 6 nitrogen and oxygen atoms in total. The zero-order valence-electron chi connectivity index (χ0n) is 40.1. The van der Waals surface area contributed by atoms with Gasteiger partial charge in [0.2, 0.25) is 5.91 Å². The van der Waals surface area contributed by atoms with Crippen LogP contribution in [0.3, 0.4) is 0 Å². The van der Waals surface area contributed by atoms with Gasteiger partial charge in [-0.05, 0) is 89.5 Å². The van der Waals surface area contributed by atoms with E-state index in [2.05, 4.69) is 135 Å². The fraction of sp³-hybridized carbons (Fsp3) is 0.579. The number of unbranched alkanes of at least 4 members (excludes halogenated alkanes) is 10. The van der Waals surface area contributed by atoms with E-state index in [-0.39, 0.29) is 31.3 Å². The Hall–Kier alpha value is -4.00. The number of hydrogen-bond donors (Lipinski definition) is 3. The molecule has 1 amide bonds. The minimum atomic E-state index is -0.840. The molecule has 63 heavy (non-hydrogen) atoms. The molecule has 0 aliphatic heterocycles. The molecule has 0 aliphatic carbocycles. The molecule has 0 bridgehead atoms. The van der Waals surface area contributed by atoms with Gasteiger partial charge in [-0.15, -0.1) is 0 Å². The summed E-state index contributed by atoms with van der Waals surface area (Å²) in [7, 11) is 0. The van der Waals surface area contributed by atoms with Crippen molar-refractivity contribution in [2.24, 2.45) is 0 Å². The standard InChI is InChI=1S/C57H91NO5/c1-4-7-10-13-16-19-22-24-26-28-29-31-34-36-39-42-45-48-53(63-57(62)50-47-44-41-38-35-32-30-27-25-23-20-17-14-11-8-5-2)51-56(61)58-54(52-59)55(60)49-46-43-40-37-33-21-18-15-12-9-6-3/h7-8,10-11,16-17,19-20,24-27,29,31-32,35-36,39,41,44-45,48,53-55,59-60H,4-6,9,12-15,18,21-23,28,30,33-34,37-38,40,42-43,46-47,49-52H2,1-3H3,(H,58,61)/b10-7-,11-8+,19-16-,20-17+,26-24-,27-25+,31-29-,35-32+,39-36-,44-41+,48-45-. The lowest BCUT2D eigenvalue weighted by Gasteiger charge is -2.23. The molecule has 0 saturated carbocycles.